The third-order valence-corrected chi connectivity index (χ3v) is 8.17. The normalized spacial score (nSPS) is 12.0. The molecular formula is C22H21ClNO6S2-. The van der Waals surface area contributed by atoms with Crippen molar-refractivity contribution in [2.24, 2.45) is 0 Å². The lowest BCUT2D eigenvalue weighted by molar-refractivity contribution is -0.273. The number of rotatable bonds is 7. The molecule has 0 heterocycles. The van der Waals surface area contributed by atoms with Crippen molar-refractivity contribution < 1.29 is 26.7 Å². The summed E-state index contributed by atoms with van der Waals surface area (Å²) in [5.41, 5.74) is 0.142. The summed E-state index contributed by atoms with van der Waals surface area (Å²) < 4.78 is 59.4. The Hall–Kier alpha value is -2.75. The van der Waals surface area contributed by atoms with E-state index in [0.717, 1.165) is 6.07 Å². The maximum Gasteiger partial charge on any atom is 0.261 e. The van der Waals surface area contributed by atoms with Gasteiger partial charge in [0.15, 0.2) is 0 Å². The first kappa shape index (κ1) is 23.9. The molecular weight excluding hydrogens is 474 g/mol. The van der Waals surface area contributed by atoms with Gasteiger partial charge in [0.1, 0.15) is 5.75 Å². The summed E-state index contributed by atoms with van der Waals surface area (Å²) in [6, 6.07) is 13.5. The molecule has 0 saturated carbocycles. The van der Waals surface area contributed by atoms with Gasteiger partial charge in [0.25, 0.3) is 10.0 Å². The number of anilines is 1. The van der Waals surface area contributed by atoms with Crippen molar-refractivity contribution in [3.05, 3.63) is 71.2 Å². The monoisotopic (exact) mass is 494 g/mol. The van der Waals surface area contributed by atoms with E-state index in [4.69, 9.17) is 16.3 Å². The third-order valence-electron chi connectivity index (χ3n) is 4.74. The van der Waals surface area contributed by atoms with Crippen LogP contribution in [0.5, 0.6) is 11.5 Å². The molecule has 0 aliphatic rings. The summed E-state index contributed by atoms with van der Waals surface area (Å²) in [5, 5.41) is 13.4. The minimum Gasteiger partial charge on any atom is -0.871 e. The van der Waals surface area contributed by atoms with Crippen LogP contribution in [0.25, 0.3) is 0 Å². The Morgan fingerprint density at radius 2 is 1.47 bits per heavy atom. The number of ether oxygens (including phenoxy) is 1. The van der Waals surface area contributed by atoms with Gasteiger partial charge in [0.05, 0.1) is 27.5 Å². The average Bonchev–Trinajstić information content (AvgIpc) is 2.74. The van der Waals surface area contributed by atoms with Crippen LogP contribution in [0.15, 0.2) is 75.4 Å². The van der Waals surface area contributed by atoms with Crippen LogP contribution in [0.4, 0.5) is 5.69 Å². The van der Waals surface area contributed by atoms with Gasteiger partial charge >= 0.3 is 0 Å². The number of methoxy groups -OCH3 is 1. The Bertz CT molecular complexity index is 1330. The predicted molar refractivity (Wildman–Crippen MR) is 121 cm³/mol. The van der Waals surface area contributed by atoms with Crippen molar-refractivity contribution in [1.82, 2.24) is 0 Å². The van der Waals surface area contributed by atoms with Crippen molar-refractivity contribution in [3.63, 3.8) is 0 Å². The maximum atomic E-state index is 13.2. The lowest BCUT2D eigenvalue weighted by Gasteiger charge is -2.23. The predicted octanol–water partition coefficient (Wildman–Crippen LogP) is 4.18. The summed E-state index contributed by atoms with van der Waals surface area (Å²) in [6.07, 6.45) is 0. The fourth-order valence-corrected chi connectivity index (χ4v) is 5.58. The second-order valence-corrected chi connectivity index (χ2v) is 11.3. The standard InChI is InChI=1S/C22H22ClNO6S2/c1-14(2)20-12-16(24-32(28,29)19-8-4-15(23)5-9-19)13-21(22(20)25)31(26,27)18-10-6-17(30-3)7-11-18/h4-14,24-25H,1-3H3/p-1. The Morgan fingerprint density at radius 1 is 0.906 bits per heavy atom. The number of hydrogen-bond donors (Lipinski definition) is 1. The smallest absolute Gasteiger partial charge is 0.261 e. The van der Waals surface area contributed by atoms with Crippen molar-refractivity contribution in [1.29, 1.82) is 0 Å². The molecule has 0 atom stereocenters. The minimum absolute atomic E-state index is 0.0321. The number of benzene rings is 3. The van der Waals surface area contributed by atoms with Crippen molar-refractivity contribution >= 4 is 37.1 Å². The second-order valence-electron chi connectivity index (χ2n) is 7.29. The first-order chi connectivity index (χ1) is 15.0. The fraction of sp³-hybridized carbons (Fsp3) is 0.182. The average molecular weight is 495 g/mol. The van der Waals surface area contributed by atoms with Crippen LogP contribution >= 0.6 is 11.6 Å². The minimum atomic E-state index is -4.22. The molecule has 3 aromatic carbocycles. The summed E-state index contributed by atoms with van der Waals surface area (Å²) >= 11 is 5.82. The summed E-state index contributed by atoms with van der Waals surface area (Å²) in [7, 11) is -6.81. The molecule has 0 unspecified atom stereocenters. The Labute approximate surface area is 192 Å². The van der Waals surface area contributed by atoms with Crippen LogP contribution in [0.2, 0.25) is 5.02 Å². The van der Waals surface area contributed by atoms with E-state index in [2.05, 4.69) is 4.72 Å². The largest absolute Gasteiger partial charge is 0.871 e. The quantitative estimate of drug-likeness (QED) is 0.527. The van der Waals surface area contributed by atoms with Crippen LogP contribution in [0.1, 0.15) is 25.3 Å². The van der Waals surface area contributed by atoms with Gasteiger partial charge in [-0.05, 0) is 72.1 Å². The molecule has 3 aromatic rings. The molecule has 7 nitrogen and oxygen atoms in total. The van der Waals surface area contributed by atoms with Crippen LogP contribution in [0.3, 0.4) is 0 Å². The number of hydrogen-bond acceptors (Lipinski definition) is 6. The van der Waals surface area contributed by atoms with Gasteiger partial charge in [0.2, 0.25) is 9.84 Å². The molecule has 0 amide bonds. The molecule has 0 aromatic heterocycles. The van der Waals surface area contributed by atoms with Crippen LogP contribution in [-0.2, 0) is 19.9 Å². The molecule has 0 fully saturated rings. The van der Waals surface area contributed by atoms with E-state index < -0.39 is 30.5 Å². The van der Waals surface area contributed by atoms with Crippen molar-refractivity contribution in [2.45, 2.75) is 34.5 Å². The first-order valence-electron chi connectivity index (χ1n) is 9.48. The van der Waals surface area contributed by atoms with E-state index in [9.17, 15) is 21.9 Å². The molecule has 0 saturated heterocycles. The number of sulfonamides is 1. The molecule has 0 bridgehead atoms. The Balaban J connectivity index is 2.12. The summed E-state index contributed by atoms with van der Waals surface area (Å²) in [6.45, 7) is 3.44. The molecule has 3 rings (SSSR count). The highest BCUT2D eigenvalue weighted by Gasteiger charge is 2.23. The SMILES string of the molecule is COc1ccc(S(=O)(=O)c2cc(NS(=O)(=O)c3ccc(Cl)cc3)cc(C(C)C)c2[O-])cc1. The highest BCUT2D eigenvalue weighted by atomic mass is 35.5. The molecule has 0 radical (unpaired) electrons. The lowest BCUT2D eigenvalue weighted by atomic mass is 10.0. The van der Waals surface area contributed by atoms with Gasteiger partial charge in [-0.2, -0.15) is 0 Å². The Kier molecular flexibility index (Phi) is 6.73. The molecule has 10 heteroatoms. The van der Waals surface area contributed by atoms with Gasteiger partial charge in [-0.1, -0.05) is 31.2 Å². The number of halogens is 1. The van der Waals surface area contributed by atoms with Crippen LogP contribution < -0.4 is 14.6 Å². The topological polar surface area (TPSA) is 113 Å². The van der Waals surface area contributed by atoms with Gasteiger partial charge in [-0.15, -0.1) is 0 Å². The van der Waals surface area contributed by atoms with Gasteiger partial charge in [0, 0.05) is 5.02 Å². The van der Waals surface area contributed by atoms with Crippen LogP contribution in [-0.4, -0.2) is 23.9 Å². The van der Waals surface area contributed by atoms with E-state index in [0.29, 0.717) is 10.8 Å². The van der Waals surface area contributed by atoms with Crippen molar-refractivity contribution in [3.8, 4) is 11.5 Å². The van der Waals surface area contributed by atoms with E-state index in [-0.39, 0.29) is 27.0 Å². The Morgan fingerprint density at radius 3 is 2.00 bits per heavy atom. The molecule has 1 N–H and O–H groups in total. The van der Waals surface area contributed by atoms with Gasteiger partial charge in [-0.3, -0.25) is 4.72 Å². The van der Waals surface area contributed by atoms with Crippen LogP contribution in [0, 0.1) is 0 Å². The highest BCUT2D eigenvalue weighted by molar-refractivity contribution is 7.92. The van der Waals surface area contributed by atoms with Gasteiger partial charge < -0.3 is 9.84 Å². The molecule has 0 aliphatic carbocycles. The molecule has 32 heavy (non-hydrogen) atoms. The number of sulfone groups is 1. The molecule has 170 valence electrons. The lowest BCUT2D eigenvalue weighted by Crippen LogP contribution is -2.15. The summed E-state index contributed by atoms with van der Waals surface area (Å²) in [5.74, 6) is -0.559. The van der Waals surface area contributed by atoms with E-state index in [1.807, 2.05) is 0 Å². The second kappa shape index (κ2) is 9.01. The highest BCUT2D eigenvalue weighted by Crippen LogP contribution is 2.37. The zero-order chi connectivity index (χ0) is 23.7. The van der Waals surface area contributed by atoms with E-state index in [1.54, 1.807) is 13.8 Å². The number of nitrogens with one attached hydrogen (secondary N) is 1. The van der Waals surface area contributed by atoms with Crippen molar-refractivity contribution in [2.75, 3.05) is 11.8 Å². The first-order valence-corrected chi connectivity index (χ1v) is 12.8. The zero-order valence-corrected chi connectivity index (χ0v) is 19.9. The van der Waals surface area contributed by atoms with E-state index >= 15 is 0 Å². The fourth-order valence-electron chi connectivity index (χ4n) is 3.02. The van der Waals surface area contributed by atoms with Gasteiger partial charge in [-0.25, -0.2) is 16.8 Å². The molecule has 0 aliphatic heterocycles. The zero-order valence-electron chi connectivity index (χ0n) is 17.5. The van der Waals surface area contributed by atoms with E-state index in [1.165, 1.54) is 61.7 Å². The molecule has 0 spiro atoms. The third kappa shape index (κ3) is 4.85. The summed E-state index contributed by atoms with van der Waals surface area (Å²) in [4.78, 5) is -0.677. The maximum absolute atomic E-state index is 13.2.